The Balaban J connectivity index is 1.91. The molecule has 3 aromatic carbocycles. The topological polar surface area (TPSA) is 87.1 Å². The lowest BCUT2D eigenvalue weighted by Crippen LogP contribution is -2.29. The number of rotatable bonds is 6. The van der Waals surface area contributed by atoms with Crippen LogP contribution in [0.5, 0.6) is 11.5 Å². The summed E-state index contributed by atoms with van der Waals surface area (Å²) in [6, 6.07) is 19.6. The molecule has 0 aromatic heterocycles. The van der Waals surface area contributed by atoms with Crippen molar-refractivity contribution in [2.75, 3.05) is 11.5 Å². The number of hydrogen-bond donors (Lipinski definition) is 2. The molecule has 1 amide bonds. The Bertz CT molecular complexity index is 1250. The van der Waals surface area contributed by atoms with Crippen LogP contribution in [-0.2, 0) is 9.59 Å². The Morgan fingerprint density at radius 3 is 2.48 bits per heavy atom. The van der Waals surface area contributed by atoms with E-state index in [1.54, 1.807) is 48.5 Å². The number of Topliss-reactive ketones (excluding diaryl/α,β-unsaturated/α-hetero) is 1. The lowest BCUT2D eigenvalue weighted by atomic mass is 9.94. The second-order valence-electron chi connectivity index (χ2n) is 7.95. The molecule has 33 heavy (non-hydrogen) atoms. The molecule has 168 valence electrons. The van der Waals surface area contributed by atoms with Gasteiger partial charge in [0.2, 0.25) is 0 Å². The number of phenolic OH excluding ortho intramolecular Hbond substituents is 1. The first-order valence-electron chi connectivity index (χ1n) is 10.8. The van der Waals surface area contributed by atoms with E-state index in [1.165, 1.54) is 11.0 Å². The Morgan fingerprint density at radius 1 is 1.00 bits per heavy atom. The van der Waals surface area contributed by atoms with Crippen molar-refractivity contribution >= 4 is 23.1 Å². The smallest absolute Gasteiger partial charge is 0.300 e. The molecular weight excluding hydrogens is 418 g/mol. The van der Waals surface area contributed by atoms with Crippen LogP contribution in [0.4, 0.5) is 5.69 Å². The van der Waals surface area contributed by atoms with Gasteiger partial charge in [0.25, 0.3) is 11.7 Å². The largest absolute Gasteiger partial charge is 0.507 e. The number of nitrogens with zero attached hydrogens (tertiary/aromatic N) is 1. The molecule has 3 aromatic rings. The third kappa shape index (κ3) is 4.20. The number of amides is 1. The van der Waals surface area contributed by atoms with Crippen LogP contribution in [0.15, 0.2) is 78.4 Å². The molecule has 1 aliphatic heterocycles. The number of ether oxygens (including phenoxy) is 1. The maximum absolute atomic E-state index is 13.2. The van der Waals surface area contributed by atoms with Crippen molar-refractivity contribution in [3.05, 3.63) is 95.1 Å². The molecule has 0 bridgehead atoms. The van der Waals surface area contributed by atoms with Gasteiger partial charge in [0.15, 0.2) is 0 Å². The van der Waals surface area contributed by atoms with E-state index >= 15 is 0 Å². The van der Waals surface area contributed by atoms with Gasteiger partial charge in [-0.2, -0.15) is 0 Å². The number of aliphatic hydroxyl groups is 1. The van der Waals surface area contributed by atoms with Gasteiger partial charge in [0, 0.05) is 5.56 Å². The zero-order valence-corrected chi connectivity index (χ0v) is 18.5. The minimum Gasteiger partial charge on any atom is -0.507 e. The van der Waals surface area contributed by atoms with Gasteiger partial charge < -0.3 is 14.9 Å². The van der Waals surface area contributed by atoms with E-state index in [4.69, 9.17) is 4.74 Å². The summed E-state index contributed by atoms with van der Waals surface area (Å²) in [5, 5.41) is 21.7. The summed E-state index contributed by atoms with van der Waals surface area (Å²) in [5.41, 5.74) is 2.12. The first-order chi connectivity index (χ1) is 15.9. The third-order valence-corrected chi connectivity index (χ3v) is 5.52. The number of phenols is 1. The van der Waals surface area contributed by atoms with E-state index in [0.717, 1.165) is 12.0 Å². The van der Waals surface area contributed by atoms with Crippen molar-refractivity contribution in [2.45, 2.75) is 26.3 Å². The number of para-hydroxylation sites is 2. The summed E-state index contributed by atoms with van der Waals surface area (Å²) >= 11 is 0. The van der Waals surface area contributed by atoms with Crippen molar-refractivity contribution in [1.82, 2.24) is 0 Å². The average molecular weight is 443 g/mol. The number of ketones is 1. The van der Waals surface area contributed by atoms with Crippen LogP contribution in [0.1, 0.15) is 36.1 Å². The Labute approximate surface area is 192 Å². The standard InChI is InChI=1S/C27H25NO5/c1-3-14-33-20-11-7-10-19(16-20)25(30)23-24(18-9-6-8-17(2)15-18)28(27(32)26(23)31)21-12-4-5-13-22(21)29/h4-13,15-16,24,29-30H,3,14H2,1-2H3/b25-23-. The average Bonchev–Trinajstić information content (AvgIpc) is 3.08. The number of benzene rings is 3. The summed E-state index contributed by atoms with van der Waals surface area (Å²) in [7, 11) is 0. The van der Waals surface area contributed by atoms with Crippen LogP contribution in [-0.4, -0.2) is 28.5 Å². The van der Waals surface area contributed by atoms with Gasteiger partial charge >= 0.3 is 0 Å². The predicted molar refractivity (Wildman–Crippen MR) is 126 cm³/mol. The highest BCUT2D eigenvalue weighted by molar-refractivity contribution is 6.51. The van der Waals surface area contributed by atoms with Gasteiger partial charge in [-0.15, -0.1) is 0 Å². The molecule has 6 heteroatoms. The number of aromatic hydroxyl groups is 1. The molecular formula is C27H25NO5. The maximum atomic E-state index is 13.2. The van der Waals surface area contributed by atoms with Gasteiger partial charge in [-0.1, -0.05) is 61.0 Å². The predicted octanol–water partition coefficient (Wildman–Crippen LogP) is 5.12. The second kappa shape index (κ2) is 9.20. The minimum absolute atomic E-state index is 0.0403. The molecule has 2 N–H and O–H groups in total. The van der Waals surface area contributed by atoms with E-state index < -0.39 is 17.7 Å². The van der Waals surface area contributed by atoms with Crippen molar-refractivity contribution in [1.29, 1.82) is 0 Å². The minimum atomic E-state index is -0.904. The Morgan fingerprint density at radius 2 is 1.76 bits per heavy atom. The highest BCUT2D eigenvalue weighted by Crippen LogP contribution is 2.44. The summed E-state index contributed by atoms with van der Waals surface area (Å²) in [6.07, 6.45) is 0.829. The maximum Gasteiger partial charge on any atom is 0.300 e. The number of hydrogen-bond acceptors (Lipinski definition) is 5. The summed E-state index contributed by atoms with van der Waals surface area (Å²) < 4.78 is 5.66. The van der Waals surface area contributed by atoms with Gasteiger partial charge in [-0.25, -0.2) is 0 Å². The molecule has 1 aliphatic rings. The Hall–Kier alpha value is -4.06. The zero-order valence-electron chi connectivity index (χ0n) is 18.5. The third-order valence-electron chi connectivity index (χ3n) is 5.52. The number of carbonyl (C=O) groups is 2. The van der Waals surface area contributed by atoms with E-state index in [9.17, 15) is 19.8 Å². The number of anilines is 1. The van der Waals surface area contributed by atoms with Crippen molar-refractivity contribution in [3.8, 4) is 11.5 Å². The lowest BCUT2D eigenvalue weighted by molar-refractivity contribution is -0.132. The molecule has 0 spiro atoms. The number of aryl methyl sites for hydroxylation is 1. The molecule has 6 nitrogen and oxygen atoms in total. The summed E-state index contributed by atoms with van der Waals surface area (Å²) in [4.78, 5) is 27.6. The van der Waals surface area contributed by atoms with E-state index in [2.05, 4.69) is 0 Å². The number of aliphatic hydroxyl groups excluding tert-OH is 1. The molecule has 4 rings (SSSR count). The van der Waals surface area contributed by atoms with Crippen molar-refractivity contribution in [2.24, 2.45) is 0 Å². The summed E-state index contributed by atoms with van der Waals surface area (Å²) in [6.45, 7) is 4.42. The molecule has 1 saturated heterocycles. The van der Waals surface area contributed by atoms with Crippen LogP contribution in [0.3, 0.4) is 0 Å². The van der Waals surface area contributed by atoms with E-state index in [1.807, 2.05) is 32.0 Å². The first-order valence-corrected chi connectivity index (χ1v) is 10.8. The second-order valence-corrected chi connectivity index (χ2v) is 7.95. The normalized spacial score (nSPS) is 17.4. The van der Waals surface area contributed by atoms with Crippen molar-refractivity contribution in [3.63, 3.8) is 0 Å². The fourth-order valence-corrected chi connectivity index (χ4v) is 4.01. The number of carbonyl (C=O) groups excluding carboxylic acids is 2. The van der Waals surface area contributed by atoms with Gasteiger partial charge in [0.1, 0.15) is 17.3 Å². The quantitative estimate of drug-likeness (QED) is 0.314. The molecule has 1 atom stereocenters. The fourth-order valence-electron chi connectivity index (χ4n) is 4.01. The molecule has 1 heterocycles. The lowest BCUT2D eigenvalue weighted by Gasteiger charge is -2.26. The van der Waals surface area contributed by atoms with Crippen LogP contribution in [0.2, 0.25) is 0 Å². The SMILES string of the molecule is CCCOc1cccc(/C(O)=C2/C(=O)C(=O)N(c3ccccc3O)C2c2cccc(C)c2)c1. The Kier molecular flexibility index (Phi) is 6.18. The molecule has 0 saturated carbocycles. The highest BCUT2D eigenvalue weighted by atomic mass is 16.5. The van der Waals surface area contributed by atoms with Crippen LogP contribution >= 0.6 is 0 Å². The van der Waals surface area contributed by atoms with Gasteiger partial charge in [-0.05, 0) is 43.2 Å². The monoisotopic (exact) mass is 443 g/mol. The van der Waals surface area contributed by atoms with Gasteiger partial charge in [-0.3, -0.25) is 14.5 Å². The van der Waals surface area contributed by atoms with E-state index in [-0.39, 0.29) is 22.8 Å². The van der Waals surface area contributed by atoms with Crippen LogP contribution in [0, 0.1) is 6.92 Å². The molecule has 1 unspecified atom stereocenters. The molecule has 1 fully saturated rings. The van der Waals surface area contributed by atoms with Crippen molar-refractivity contribution < 1.29 is 24.5 Å². The zero-order chi connectivity index (χ0) is 23.5. The fraction of sp³-hybridized carbons (Fsp3) is 0.185. The van der Waals surface area contributed by atoms with Crippen LogP contribution in [0.25, 0.3) is 5.76 Å². The first kappa shape index (κ1) is 22.1. The van der Waals surface area contributed by atoms with Gasteiger partial charge in [0.05, 0.1) is 23.9 Å². The molecule has 0 radical (unpaired) electrons. The highest BCUT2D eigenvalue weighted by Gasteiger charge is 2.47. The van der Waals surface area contributed by atoms with Crippen LogP contribution < -0.4 is 9.64 Å². The molecule has 0 aliphatic carbocycles. The van der Waals surface area contributed by atoms with E-state index in [0.29, 0.717) is 23.5 Å². The summed E-state index contributed by atoms with van der Waals surface area (Å²) in [5.74, 6) is -1.50.